The van der Waals surface area contributed by atoms with E-state index in [4.69, 9.17) is 25.2 Å². The molecule has 0 bridgehead atoms. The van der Waals surface area contributed by atoms with Crippen molar-refractivity contribution in [2.24, 2.45) is 0 Å². The average molecular weight is 531 g/mol. The smallest absolute Gasteiger partial charge is 0.374 e. The summed E-state index contributed by atoms with van der Waals surface area (Å²) >= 11 is 6.25. The Kier molecular flexibility index (Phi) is 7.73. The Hall–Kier alpha value is -3.27. The van der Waals surface area contributed by atoms with Crippen LogP contribution in [-0.2, 0) is 27.8 Å². The quantitative estimate of drug-likeness (QED) is 0.263. The van der Waals surface area contributed by atoms with Crippen LogP contribution in [0.5, 0.6) is 0 Å². The Balaban J connectivity index is 1.68. The summed E-state index contributed by atoms with van der Waals surface area (Å²) in [7, 11) is -3.95. The third kappa shape index (κ3) is 5.13. The Bertz CT molecular complexity index is 1480. The van der Waals surface area contributed by atoms with Crippen LogP contribution in [-0.4, -0.2) is 27.5 Å². The second-order valence-electron chi connectivity index (χ2n) is 8.06. The summed E-state index contributed by atoms with van der Waals surface area (Å²) in [5.74, 6) is 0.250. The van der Waals surface area contributed by atoms with Gasteiger partial charge in [-0.2, -0.15) is 0 Å². The van der Waals surface area contributed by atoms with E-state index in [-0.39, 0.29) is 23.8 Å². The van der Waals surface area contributed by atoms with Crippen LogP contribution in [0.2, 0.25) is 5.02 Å². The maximum absolute atomic E-state index is 13.8. The number of benzene rings is 2. The summed E-state index contributed by atoms with van der Waals surface area (Å²) < 4.78 is 45.0. The largest absolute Gasteiger partial charge is 0.468 e. The van der Waals surface area contributed by atoms with Crippen molar-refractivity contribution < 1.29 is 26.8 Å². The van der Waals surface area contributed by atoms with Gasteiger partial charge in [0.15, 0.2) is 0 Å². The number of ether oxygens (including phenoxy) is 1. The zero-order valence-corrected chi connectivity index (χ0v) is 21.8. The minimum atomic E-state index is -3.95. The van der Waals surface area contributed by atoms with E-state index >= 15 is 0 Å². The van der Waals surface area contributed by atoms with Crippen molar-refractivity contribution in [3.63, 3.8) is 0 Å². The minimum Gasteiger partial charge on any atom is -0.468 e. The Morgan fingerprint density at radius 1 is 1.11 bits per heavy atom. The first kappa shape index (κ1) is 25.8. The highest BCUT2D eigenvalue weighted by molar-refractivity contribution is 7.92. The molecule has 190 valence electrons. The summed E-state index contributed by atoms with van der Waals surface area (Å²) in [6.45, 7) is 6.45. The molecule has 4 aromatic rings. The maximum Gasteiger partial charge on any atom is 0.374 e. The van der Waals surface area contributed by atoms with Gasteiger partial charge >= 0.3 is 5.97 Å². The zero-order valence-electron chi connectivity index (χ0n) is 20.2. The molecule has 2 aromatic carbocycles. The van der Waals surface area contributed by atoms with Gasteiger partial charge in [0.25, 0.3) is 10.0 Å². The Morgan fingerprint density at radius 3 is 2.61 bits per heavy atom. The number of halogens is 1. The summed E-state index contributed by atoms with van der Waals surface area (Å²) in [5.41, 5.74) is 2.18. The fourth-order valence-corrected chi connectivity index (χ4v) is 5.75. The van der Waals surface area contributed by atoms with Crippen molar-refractivity contribution in [1.29, 1.82) is 0 Å². The van der Waals surface area contributed by atoms with E-state index in [0.717, 1.165) is 11.3 Å². The van der Waals surface area contributed by atoms with E-state index in [0.29, 0.717) is 40.3 Å². The van der Waals surface area contributed by atoms with Gasteiger partial charge in [-0.15, -0.1) is 0 Å². The van der Waals surface area contributed by atoms with E-state index in [2.05, 4.69) is 5.32 Å². The van der Waals surface area contributed by atoms with Gasteiger partial charge in [-0.25, -0.2) is 13.2 Å². The summed E-state index contributed by atoms with van der Waals surface area (Å²) in [6.07, 6.45) is 1.60. The van der Waals surface area contributed by atoms with E-state index in [1.807, 2.05) is 12.1 Å². The number of sulfonamides is 1. The van der Waals surface area contributed by atoms with Gasteiger partial charge in [-0.05, 0) is 74.9 Å². The molecule has 2 heterocycles. The number of hydrogen-bond donors (Lipinski definition) is 1. The molecule has 0 aliphatic rings. The lowest BCUT2D eigenvalue weighted by atomic mass is 10.1. The molecule has 10 heteroatoms. The van der Waals surface area contributed by atoms with Crippen LogP contribution < -0.4 is 9.62 Å². The first-order valence-electron chi connectivity index (χ1n) is 11.5. The molecule has 2 aromatic heterocycles. The third-order valence-corrected chi connectivity index (χ3v) is 7.87. The number of anilines is 1. The van der Waals surface area contributed by atoms with Crippen LogP contribution >= 0.6 is 11.6 Å². The highest BCUT2D eigenvalue weighted by Gasteiger charge is 2.27. The van der Waals surface area contributed by atoms with Gasteiger partial charge in [0.2, 0.25) is 5.76 Å². The van der Waals surface area contributed by atoms with Gasteiger partial charge in [-0.3, -0.25) is 4.31 Å². The van der Waals surface area contributed by atoms with Crippen LogP contribution in [0.15, 0.2) is 68.5 Å². The van der Waals surface area contributed by atoms with Crippen molar-refractivity contribution >= 4 is 44.3 Å². The molecule has 0 saturated heterocycles. The molecule has 0 amide bonds. The van der Waals surface area contributed by atoms with Crippen LogP contribution in [0.3, 0.4) is 0 Å². The third-order valence-electron chi connectivity index (χ3n) is 5.75. The van der Waals surface area contributed by atoms with Crippen LogP contribution in [0.1, 0.15) is 41.3 Å². The summed E-state index contributed by atoms with van der Waals surface area (Å²) in [6, 6.07) is 13.3. The molecule has 0 radical (unpaired) electrons. The topological polar surface area (TPSA) is 102 Å². The van der Waals surface area contributed by atoms with Crippen molar-refractivity contribution in [1.82, 2.24) is 5.32 Å². The van der Waals surface area contributed by atoms with Crippen molar-refractivity contribution in [3.05, 3.63) is 82.5 Å². The number of nitrogens with zero attached hydrogens (tertiary/aromatic N) is 1. The number of rotatable bonds is 10. The normalized spacial score (nSPS) is 11.7. The molecule has 0 aliphatic heterocycles. The fourth-order valence-electron chi connectivity index (χ4n) is 4.02. The van der Waals surface area contributed by atoms with Crippen molar-refractivity contribution in [3.8, 4) is 0 Å². The fraction of sp³-hybridized carbons (Fsp3) is 0.269. The molecule has 0 atom stereocenters. The number of aryl methyl sites for hydroxylation is 1. The van der Waals surface area contributed by atoms with E-state index < -0.39 is 16.0 Å². The average Bonchev–Trinajstić information content (AvgIpc) is 3.48. The molecule has 0 saturated carbocycles. The summed E-state index contributed by atoms with van der Waals surface area (Å²) in [4.78, 5) is 12.3. The van der Waals surface area contributed by atoms with Crippen LogP contribution in [0, 0.1) is 6.92 Å². The highest BCUT2D eigenvalue weighted by Crippen LogP contribution is 2.33. The first-order chi connectivity index (χ1) is 17.3. The monoisotopic (exact) mass is 530 g/mol. The SMILES string of the molecule is CCOC(=O)c1oc2ccc(S(=O)(=O)N(CC)c3ccc(Cl)cc3CNCc3ccco3)cc2c1C. The van der Waals surface area contributed by atoms with Gasteiger partial charge in [-0.1, -0.05) is 11.6 Å². The molecular formula is C26H27ClN2O6S. The number of carbonyl (C=O) groups excluding carboxylic acids is 1. The Labute approximate surface area is 214 Å². The molecule has 8 nitrogen and oxygen atoms in total. The molecule has 4 rings (SSSR count). The van der Waals surface area contributed by atoms with Gasteiger partial charge in [0.1, 0.15) is 11.3 Å². The number of esters is 1. The summed E-state index contributed by atoms with van der Waals surface area (Å²) in [5, 5.41) is 4.30. The molecule has 36 heavy (non-hydrogen) atoms. The zero-order chi connectivity index (χ0) is 25.9. The van der Waals surface area contributed by atoms with Crippen LogP contribution in [0.25, 0.3) is 11.0 Å². The maximum atomic E-state index is 13.8. The molecule has 0 fully saturated rings. The lowest BCUT2D eigenvalue weighted by Gasteiger charge is -2.26. The minimum absolute atomic E-state index is 0.0661. The Morgan fingerprint density at radius 2 is 1.92 bits per heavy atom. The number of furan rings is 2. The number of carbonyl (C=O) groups is 1. The standard InChI is InChI=1S/C26H27ClN2O6S/c1-4-29(23-10-8-19(27)13-18(23)15-28-16-20-7-6-12-34-20)36(31,32)21-9-11-24-22(14-21)17(3)25(35-24)26(30)33-5-2/h6-14,28H,4-5,15-16H2,1-3H3. The molecule has 1 N–H and O–H groups in total. The van der Waals surface area contributed by atoms with E-state index in [9.17, 15) is 13.2 Å². The molecule has 0 aliphatic carbocycles. The number of hydrogen-bond acceptors (Lipinski definition) is 7. The van der Waals surface area contributed by atoms with Crippen molar-refractivity contribution in [2.75, 3.05) is 17.5 Å². The van der Waals surface area contributed by atoms with E-state index in [1.165, 1.54) is 16.4 Å². The van der Waals surface area contributed by atoms with Gasteiger partial charge in [0, 0.05) is 29.1 Å². The first-order valence-corrected chi connectivity index (χ1v) is 13.3. The lowest BCUT2D eigenvalue weighted by Crippen LogP contribution is -2.32. The van der Waals surface area contributed by atoms with Crippen LogP contribution in [0.4, 0.5) is 5.69 Å². The molecule has 0 spiro atoms. The second-order valence-corrected chi connectivity index (χ2v) is 10.4. The van der Waals surface area contributed by atoms with Gasteiger partial charge < -0.3 is 18.9 Å². The highest BCUT2D eigenvalue weighted by atomic mass is 35.5. The number of fused-ring (bicyclic) bond motifs is 1. The predicted molar refractivity (Wildman–Crippen MR) is 138 cm³/mol. The molecular weight excluding hydrogens is 504 g/mol. The number of nitrogens with one attached hydrogen (secondary N) is 1. The second kappa shape index (κ2) is 10.8. The van der Waals surface area contributed by atoms with Gasteiger partial charge in [0.05, 0.1) is 30.0 Å². The van der Waals surface area contributed by atoms with E-state index in [1.54, 1.807) is 51.3 Å². The van der Waals surface area contributed by atoms with Crippen molar-refractivity contribution in [2.45, 2.75) is 38.8 Å². The predicted octanol–water partition coefficient (Wildman–Crippen LogP) is 5.67. The molecule has 0 unspecified atom stereocenters. The lowest BCUT2D eigenvalue weighted by molar-refractivity contribution is 0.0491.